The molecule has 0 saturated carbocycles. The molecular weight excluding hydrogens is 238 g/mol. The van der Waals surface area contributed by atoms with Gasteiger partial charge in [0.1, 0.15) is 5.82 Å². The molecule has 2 aromatic rings. The summed E-state index contributed by atoms with van der Waals surface area (Å²) in [4.78, 5) is 4.71. The normalized spacial score (nSPS) is 17.9. The molecule has 0 radical (unpaired) electrons. The average molecular weight is 259 g/mol. The highest BCUT2D eigenvalue weighted by Crippen LogP contribution is 2.33. The highest BCUT2D eigenvalue weighted by atomic mass is 16.5. The fourth-order valence-corrected chi connectivity index (χ4v) is 2.81. The van der Waals surface area contributed by atoms with Gasteiger partial charge in [-0.2, -0.15) is 0 Å². The van der Waals surface area contributed by atoms with Crippen molar-refractivity contribution in [2.24, 2.45) is 12.8 Å². The third-order valence-corrected chi connectivity index (χ3v) is 4.19. The van der Waals surface area contributed by atoms with Crippen LogP contribution in [0.1, 0.15) is 31.2 Å². The second kappa shape index (κ2) is 4.32. The van der Waals surface area contributed by atoms with Gasteiger partial charge >= 0.3 is 0 Å². The van der Waals surface area contributed by atoms with Gasteiger partial charge in [0.05, 0.1) is 29.7 Å². The van der Waals surface area contributed by atoms with Crippen LogP contribution < -0.4 is 5.73 Å². The van der Waals surface area contributed by atoms with Crippen LogP contribution in [0.2, 0.25) is 0 Å². The van der Waals surface area contributed by atoms with Crippen LogP contribution in [-0.4, -0.2) is 29.3 Å². The van der Waals surface area contributed by atoms with Gasteiger partial charge in [-0.1, -0.05) is 19.9 Å². The van der Waals surface area contributed by atoms with Crippen molar-refractivity contribution in [2.45, 2.75) is 25.2 Å². The van der Waals surface area contributed by atoms with Crippen molar-refractivity contribution in [1.29, 1.82) is 0 Å². The van der Waals surface area contributed by atoms with Crippen molar-refractivity contribution in [2.75, 3.05) is 19.8 Å². The number of aromatic nitrogens is 2. The second-order valence-electron chi connectivity index (χ2n) is 5.86. The molecular formula is C15H21N3O. The molecule has 4 heteroatoms. The predicted molar refractivity (Wildman–Crippen MR) is 76.4 cm³/mol. The van der Waals surface area contributed by atoms with Gasteiger partial charge < -0.3 is 15.0 Å². The minimum absolute atomic E-state index is 0.0104. The number of imidazole rings is 1. The van der Waals surface area contributed by atoms with Gasteiger partial charge in [-0.25, -0.2) is 4.98 Å². The zero-order valence-corrected chi connectivity index (χ0v) is 11.8. The first-order chi connectivity index (χ1) is 9.07. The number of fused-ring (bicyclic) bond motifs is 1. The van der Waals surface area contributed by atoms with Crippen molar-refractivity contribution in [3.63, 3.8) is 0 Å². The van der Waals surface area contributed by atoms with E-state index in [-0.39, 0.29) is 5.41 Å². The summed E-state index contributed by atoms with van der Waals surface area (Å²) < 4.78 is 7.55. The summed E-state index contributed by atoms with van der Waals surface area (Å²) in [5, 5.41) is 0. The molecule has 0 spiro atoms. The van der Waals surface area contributed by atoms with Gasteiger partial charge in [0.2, 0.25) is 0 Å². The predicted octanol–water partition coefficient (Wildman–Crippen LogP) is 1.92. The van der Waals surface area contributed by atoms with Crippen LogP contribution in [-0.2, 0) is 17.2 Å². The topological polar surface area (TPSA) is 53.1 Å². The van der Waals surface area contributed by atoms with Gasteiger partial charge in [0, 0.05) is 19.5 Å². The Labute approximate surface area is 113 Å². The number of nitrogens with zero attached hydrogens (tertiary/aromatic N) is 2. The Morgan fingerprint density at radius 3 is 2.68 bits per heavy atom. The number of ether oxygens (including phenoxy) is 1. The molecule has 2 N–H and O–H groups in total. The fraction of sp³-hybridized carbons (Fsp3) is 0.533. The highest BCUT2D eigenvalue weighted by Gasteiger charge is 2.39. The van der Waals surface area contributed by atoms with Gasteiger partial charge in [0.25, 0.3) is 0 Å². The largest absolute Gasteiger partial charge is 0.379 e. The van der Waals surface area contributed by atoms with Crippen LogP contribution in [0.3, 0.4) is 0 Å². The Morgan fingerprint density at radius 1 is 1.42 bits per heavy atom. The first-order valence-electron chi connectivity index (χ1n) is 6.82. The lowest BCUT2D eigenvalue weighted by Gasteiger charge is -2.41. The van der Waals surface area contributed by atoms with Crippen LogP contribution >= 0.6 is 0 Å². The van der Waals surface area contributed by atoms with E-state index in [4.69, 9.17) is 15.5 Å². The summed E-state index contributed by atoms with van der Waals surface area (Å²) in [5.74, 6) is 1.55. The minimum atomic E-state index is 0.0104. The fourth-order valence-electron chi connectivity index (χ4n) is 2.81. The van der Waals surface area contributed by atoms with Gasteiger partial charge in [0.15, 0.2) is 0 Å². The highest BCUT2D eigenvalue weighted by molar-refractivity contribution is 5.77. The van der Waals surface area contributed by atoms with E-state index in [0.717, 1.165) is 24.6 Å². The molecule has 102 valence electrons. The van der Waals surface area contributed by atoms with E-state index < -0.39 is 0 Å². The Balaban J connectivity index is 2.13. The van der Waals surface area contributed by atoms with Crippen LogP contribution in [0.5, 0.6) is 0 Å². The molecule has 0 atom stereocenters. The van der Waals surface area contributed by atoms with Gasteiger partial charge in [-0.3, -0.25) is 0 Å². The SMILES string of the molecule is CC(C)c1nc2ccc(C3(CN)COC3)cc2n1C. The maximum Gasteiger partial charge on any atom is 0.112 e. The molecule has 1 saturated heterocycles. The summed E-state index contributed by atoms with van der Waals surface area (Å²) in [7, 11) is 2.08. The Kier molecular flexibility index (Phi) is 2.87. The Bertz CT molecular complexity index is 606. The summed E-state index contributed by atoms with van der Waals surface area (Å²) in [6.45, 7) is 6.42. The van der Waals surface area contributed by atoms with E-state index in [2.05, 4.69) is 43.7 Å². The summed E-state index contributed by atoms with van der Waals surface area (Å²) in [6, 6.07) is 6.48. The van der Waals surface area contributed by atoms with Crippen LogP contribution in [0.15, 0.2) is 18.2 Å². The number of nitrogens with two attached hydrogens (primary N) is 1. The third kappa shape index (κ3) is 1.78. The minimum Gasteiger partial charge on any atom is -0.379 e. The van der Waals surface area contributed by atoms with E-state index >= 15 is 0 Å². The molecule has 1 aromatic carbocycles. The lowest BCUT2D eigenvalue weighted by Crippen LogP contribution is -2.52. The lowest BCUT2D eigenvalue weighted by molar-refractivity contribution is -0.0549. The maximum absolute atomic E-state index is 5.93. The molecule has 1 fully saturated rings. The number of hydrogen-bond acceptors (Lipinski definition) is 3. The van der Waals surface area contributed by atoms with E-state index in [1.807, 2.05) is 0 Å². The number of aryl methyl sites for hydroxylation is 1. The van der Waals surface area contributed by atoms with E-state index in [9.17, 15) is 0 Å². The molecule has 3 rings (SSSR count). The van der Waals surface area contributed by atoms with Crippen LogP contribution in [0, 0.1) is 0 Å². The van der Waals surface area contributed by atoms with Gasteiger partial charge in [-0.05, 0) is 17.7 Å². The monoisotopic (exact) mass is 259 g/mol. The molecule has 0 unspecified atom stereocenters. The summed E-state index contributed by atoms with van der Waals surface area (Å²) >= 11 is 0. The maximum atomic E-state index is 5.93. The molecule has 1 aliphatic rings. The first-order valence-corrected chi connectivity index (χ1v) is 6.82. The van der Waals surface area contributed by atoms with E-state index in [1.54, 1.807) is 0 Å². The summed E-state index contributed by atoms with van der Waals surface area (Å²) in [6.07, 6.45) is 0. The Hall–Kier alpha value is -1.39. The van der Waals surface area contributed by atoms with Crippen LogP contribution in [0.25, 0.3) is 11.0 Å². The van der Waals surface area contributed by atoms with Gasteiger partial charge in [-0.15, -0.1) is 0 Å². The zero-order chi connectivity index (χ0) is 13.6. The van der Waals surface area contributed by atoms with Crippen molar-refractivity contribution in [3.8, 4) is 0 Å². The molecule has 0 bridgehead atoms. The molecule has 19 heavy (non-hydrogen) atoms. The second-order valence-corrected chi connectivity index (χ2v) is 5.86. The van der Waals surface area contributed by atoms with Crippen LogP contribution in [0.4, 0.5) is 0 Å². The quantitative estimate of drug-likeness (QED) is 0.916. The number of rotatable bonds is 3. The zero-order valence-electron chi connectivity index (χ0n) is 11.8. The molecule has 4 nitrogen and oxygen atoms in total. The van der Waals surface area contributed by atoms with Crippen molar-refractivity contribution >= 4 is 11.0 Å². The van der Waals surface area contributed by atoms with E-state index in [1.165, 1.54) is 11.1 Å². The standard InChI is InChI=1S/C15H21N3O/c1-10(2)14-17-12-5-4-11(6-13(12)18(14)3)15(7-16)8-19-9-15/h4-6,10H,7-9,16H2,1-3H3. The molecule has 2 heterocycles. The number of hydrogen-bond donors (Lipinski definition) is 1. The van der Waals surface area contributed by atoms with Crippen molar-refractivity contribution in [1.82, 2.24) is 9.55 Å². The summed E-state index contributed by atoms with van der Waals surface area (Å²) in [5.41, 5.74) is 9.45. The average Bonchev–Trinajstić information content (AvgIpc) is 2.67. The lowest BCUT2D eigenvalue weighted by atomic mass is 9.78. The third-order valence-electron chi connectivity index (χ3n) is 4.19. The molecule has 0 amide bonds. The Morgan fingerprint density at radius 2 is 2.16 bits per heavy atom. The van der Waals surface area contributed by atoms with E-state index in [0.29, 0.717) is 12.5 Å². The van der Waals surface area contributed by atoms with Crippen molar-refractivity contribution < 1.29 is 4.74 Å². The van der Waals surface area contributed by atoms with Crippen molar-refractivity contribution in [3.05, 3.63) is 29.6 Å². The molecule has 1 aliphatic heterocycles. The molecule has 0 aliphatic carbocycles. The molecule has 1 aromatic heterocycles. The smallest absolute Gasteiger partial charge is 0.112 e. The first kappa shape index (κ1) is 12.6. The number of benzene rings is 1.